The van der Waals surface area contributed by atoms with Gasteiger partial charge in [-0.1, -0.05) is 25.1 Å². The minimum Gasteiger partial charge on any atom is -0.360 e. The molecule has 3 heteroatoms. The van der Waals surface area contributed by atoms with Gasteiger partial charge in [-0.15, -0.1) is 0 Å². The molecule has 0 bridgehead atoms. The molecule has 1 N–H and O–H groups in total. The summed E-state index contributed by atoms with van der Waals surface area (Å²) >= 11 is 3.66. The van der Waals surface area contributed by atoms with E-state index in [1.807, 2.05) is 6.20 Å². The maximum Gasteiger partial charge on any atom is 0.0471 e. The molecule has 0 saturated heterocycles. The lowest BCUT2D eigenvalue weighted by atomic mass is 9.98. The fraction of sp³-hybridized carbons (Fsp3) is 0.375. The van der Waals surface area contributed by atoms with Gasteiger partial charge in [0.1, 0.15) is 0 Å². The van der Waals surface area contributed by atoms with Gasteiger partial charge >= 0.3 is 0 Å². The van der Waals surface area contributed by atoms with E-state index in [0.717, 1.165) is 17.4 Å². The average molecular weight is 319 g/mol. The van der Waals surface area contributed by atoms with Crippen molar-refractivity contribution in [3.63, 3.8) is 0 Å². The van der Waals surface area contributed by atoms with E-state index in [2.05, 4.69) is 57.0 Å². The molecule has 0 saturated carbocycles. The van der Waals surface area contributed by atoms with Crippen LogP contribution in [0.5, 0.6) is 0 Å². The van der Waals surface area contributed by atoms with Gasteiger partial charge in [0.15, 0.2) is 0 Å². The third-order valence-electron chi connectivity index (χ3n) is 3.77. The lowest BCUT2D eigenvalue weighted by Gasteiger charge is -2.27. The molecule has 0 radical (unpaired) electrons. The Morgan fingerprint density at radius 2 is 2.26 bits per heavy atom. The largest absolute Gasteiger partial charge is 0.360 e. The zero-order valence-corrected chi connectivity index (χ0v) is 12.8. The molecule has 0 spiro atoms. The minimum atomic E-state index is 1.07. The Morgan fingerprint density at radius 3 is 3.11 bits per heavy atom. The van der Waals surface area contributed by atoms with Crippen LogP contribution in [0.4, 0.5) is 0 Å². The summed E-state index contributed by atoms with van der Waals surface area (Å²) in [6.07, 6.45) is 6.82. The molecular weight excluding hydrogens is 300 g/mol. The molecule has 100 valence electrons. The third kappa shape index (κ3) is 2.49. The van der Waals surface area contributed by atoms with E-state index in [0.29, 0.717) is 0 Å². The number of aromatic nitrogens is 1. The van der Waals surface area contributed by atoms with Crippen molar-refractivity contribution >= 4 is 32.4 Å². The highest BCUT2D eigenvalue weighted by Crippen LogP contribution is 2.32. The fourth-order valence-electron chi connectivity index (χ4n) is 2.92. The number of benzene rings is 1. The summed E-state index contributed by atoms with van der Waals surface area (Å²) in [5.41, 5.74) is 4.04. The van der Waals surface area contributed by atoms with Crippen molar-refractivity contribution in [2.75, 3.05) is 19.6 Å². The second kappa shape index (κ2) is 5.51. The number of fused-ring (bicyclic) bond motifs is 1. The Balaban J connectivity index is 2.00. The second-order valence-electron chi connectivity index (χ2n) is 5.16. The number of H-pyrrole nitrogens is 1. The molecule has 1 aromatic heterocycles. The first-order valence-corrected chi connectivity index (χ1v) is 7.76. The van der Waals surface area contributed by atoms with Crippen LogP contribution in [0.15, 0.2) is 34.9 Å². The standard InChI is InChI=1S/C16H19BrN2/c1-2-8-19-9-4-5-12(11-19)13-6-3-7-15-16(13)14(17)10-18-15/h3,5-7,10,18H,2,4,8-9,11H2,1H3. The van der Waals surface area contributed by atoms with E-state index in [1.54, 1.807) is 0 Å². The molecule has 0 amide bonds. The summed E-state index contributed by atoms with van der Waals surface area (Å²) in [6.45, 7) is 5.72. The lowest BCUT2D eigenvalue weighted by Crippen LogP contribution is -2.30. The molecule has 2 nitrogen and oxygen atoms in total. The quantitative estimate of drug-likeness (QED) is 0.887. The Labute approximate surface area is 122 Å². The SMILES string of the molecule is CCCN1CCC=C(c2cccc3[nH]cc(Br)c23)C1. The van der Waals surface area contributed by atoms with Crippen LogP contribution < -0.4 is 0 Å². The van der Waals surface area contributed by atoms with Crippen molar-refractivity contribution in [3.05, 3.63) is 40.5 Å². The van der Waals surface area contributed by atoms with Gasteiger partial charge in [-0.05, 0) is 52.5 Å². The van der Waals surface area contributed by atoms with Gasteiger partial charge < -0.3 is 4.98 Å². The van der Waals surface area contributed by atoms with Crippen molar-refractivity contribution in [1.29, 1.82) is 0 Å². The third-order valence-corrected chi connectivity index (χ3v) is 4.40. The van der Waals surface area contributed by atoms with Gasteiger partial charge in [-0.2, -0.15) is 0 Å². The summed E-state index contributed by atoms with van der Waals surface area (Å²) in [4.78, 5) is 5.87. The molecule has 0 unspecified atom stereocenters. The number of aromatic amines is 1. The molecule has 1 aliphatic heterocycles. The Bertz CT molecular complexity index is 612. The predicted octanol–water partition coefficient (Wildman–Crippen LogP) is 4.43. The van der Waals surface area contributed by atoms with E-state index in [-0.39, 0.29) is 0 Å². The van der Waals surface area contributed by atoms with Crippen LogP contribution in [0.25, 0.3) is 16.5 Å². The molecular formula is C16H19BrN2. The highest BCUT2D eigenvalue weighted by atomic mass is 79.9. The predicted molar refractivity (Wildman–Crippen MR) is 85.3 cm³/mol. The maximum absolute atomic E-state index is 3.66. The van der Waals surface area contributed by atoms with Gasteiger partial charge in [-0.25, -0.2) is 0 Å². The normalized spacial score (nSPS) is 16.8. The zero-order valence-electron chi connectivity index (χ0n) is 11.2. The molecule has 3 rings (SSSR count). The highest BCUT2D eigenvalue weighted by molar-refractivity contribution is 9.10. The van der Waals surface area contributed by atoms with Gasteiger partial charge in [0, 0.05) is 34.7 Å². The first kappa shape index (κ1) is 12.9. The molecule has 0 fully saturated rings. The monoisotopic (exact) mass is 318 g/mol. The van der Waals surface area contributed by atoms with E-state index in [1.165, 1.54) is 41.5 Å². The van der Waals surface area contributed by atoms with Crippen LogP contribution in [0.2, 0.25) is 0 Å². The smallest absolute Gasteiger partial charge is 0.0471 e. The molecule has 1 aromatic carbocycles. The first-order chi connectivity index (χ1) is 9.29. The van der Waals surface area contributed by atoms with E-state index in [4.69, 9.17) is 0 Å². The summed E-state index contributed by atoms with van der Waals surface area (Å²) < 4.78 is 1.16. The van der Waals surface area contributed by atoms with Crippen molar-refractivity contribution in [2.24, 2.45) is 0 Å². The van der Waals surface area contributed by atoms with Crippen molar-refractivity contribution in [2.45, 2.75) is 19.8 Å². The van der Waals surface area contributed by atoms with Crippen LogP contribution >= 0.6 is 15.9 Å². The molecule has 19 heavy (non-hydrogen) atoms. The minimum absolute atomic E-state index is 1.07. The van der Waals surface area contributed by atoms with Gasteiger partial charge in [0.05, 0.1) is 0 Å². The van der Waals surface area contributed by atoms with E-state index >= 15 is 0 Å². The van der Waals surface area contributed by atoms with Crippen LogP contribution in [0.3, 0.4) is 0 Å². The van der Waals surface area contributed by atoms with E-state index in [9.17, 15) is 0 Å². The number of halogens is 1. The molecule has 1 aliphatic rings. The van der Waals surface area contributed by atoms with E-state index < -0.39 is 0 Å². The Morgan fingerprint density at radius 1 is 1.37 bits per heavy atom. The number of hydrogen-bond acceptors (Lipinski definition) is 1. The van der Waals surface area contributed by atoms with Crippen molar-refractivity contribution < 1.29 is 0 Å². The zero-order chi connectivity index (χ0) is 13.2. The summed E-state index contributed by atoms with van der Waals surface area (Å²) in [5.74, 6) is 0. The van der Waals surface area contributed by atoms with Gasteiger partial charge in [0.2, 0.25) is 0 Å². The number of nitrogens with one attached hydrogen (secondary N) is 1. The molecule has 2 heterocycles. The number of hydrogen-bond donors (Lipinski definition) is 1. The second-order valence-corrected chi connectivity index (χ2v) is 6.01. The van der Waals surface area contributed by atoms with Gasteiger partial charge in [0.25, 0.3) is 0 Å². The fourth-order valence-corrected chi connectivity index (χ4v) is 3.46. The summed E-state index contributed by atoms with van der Waals surface area (Å²) in [6, 6.07) is 6.51. The van der Waals surface area contributed by atoms with Crippen LogP contribution in [-0.4, -0.2) is 29.5 Å². The molecule has 0 aliphatic carbocycles. The Kier molecular flexibility index (Phi) is 3.76. The van der Waals surface area contributed by atoms with Crippen LogP contribution in [0.1, 0.15) is 25.3 Å². The Hall–Kier alpha value is -1.06. The molecule has 2 aromatic rings. The average Bonchev–Trinajstić information content (AvgIpc) is 2.82. The van der Waals surface area contributed by atoms with Crippen LogP contribution in [0, 0.1) is 0 Å². The number of rotatable bonds is 3. The maximum atomic E-state index is 3.66. The van der Waals surface area contributed by atoms with Crippen molar-refractivity contribution in [1.82, 2.24) is 9.88 Å². The van der Waals surface area contributed by atoms with Crippen LogP contribution in [-0.2, 0) is 0 Å². The lowest BCUT2D eigenvalue weighted by molar-refractivity contribution is 0.305. The summed E-state index contributed by atoms with van der Waals surface area (Å²) in [5, 5.41) is 1.31. The van der Waals surface area contributed by atoms with Gasteiger partial charge in [-0.3, -0.25) is 4.90 Å². The van der Waals surface area contributed by atoms with Crippen molar-refractivity contribution in [3.8, 4) is 0 Å². The highest BCUT2D eigenvalue weighted by Gasteiger charge is 2.16. The molecule has 0 atom stereocenters. The summed E-state index contributed by atoms with van der Waals surface area (Å²) in [7, 11) is 0. The number of nitrogens with zero attached hydrogens (tertiary/aromatic N) is 1. The topological polar surface area (TPSA) is 19.0 Å². The first-order valence-electron chi connectivity index (χ1n) is 6.97.